The van der Waals surface area contributed by atoms with Gasteiger partial charge in [0.05, 0.1) is 16.8 Å². The third-order valence-electron chi connectivity index (χ3n) is 4.56. The quantitative estimate of drug-likeness (QED) is 0.493. The van der Waals surface area contributed by atoms with E-state index in [1.54, 1.807) is 18.7 Å². The first-order chi connectivity index (χ1) is 13.9. The Labute approximate surface area is 161 Å². The number of para-hydroxylation sites is 1. The average molecular weight is 367 g/mol. The molecule has 2 N–H and O–H groups in total. The largest absolute Gasteiger partial charge is 0.365 e. The highest BCUT2D eigenvalue weighted by molar-refractivity contribution is 5.86. The number of anilines is 1. The minimum absolute atomic E-state index is 0.585. The molecular formula is C21H17N7. The summed E-state index contributed by atoms with van der Waals surface area (Å²) in [7, 11) is 0. The second-order valence-electron chi connectivity index (χ2n) is 6.33. The predicted molar refractivity (Wildman–Crippen MR) is 108 cm³/mol. The Morgan fingerprint density at radius 3 is 2.68 bits per heavy atom. The van der Waals surface area contributed by atoms with Gasteiger partial charge >= 0.3 is 0 Å². The highest BCUT2D eigenvalue weighted by Gasteiger charge is 2.13. The first-order valence-corrected chi connectivity index (χ1v) is 8.95. The zero-order valence-corrected chi connectivity index (χ0v) is 14.9. The molecule has 136 valence electrons. The fourth-order valence-electron chi connectivity index (χ4n) is 3.20. The van der Waals surface area contributed by atoms with E-state index in [0.717, 1.165) is 39.4 Å². The topological polar surface area (TPSA) is 84.3 Å². The van der Waals surface area contributed by atoms with Crippen molar-refractivity contribution in [2.75, 3.05) is 5.32 Å². The van der Waals surface area contributed by atoms with Crippen molar-refractivity contribution < 1.29 is 0 Å². The molecule has 5 rings (SSSR count). The van der Waals surface area contributed by atoms with E-state index in [2.05, 4.69) is 25.3 Å². The number of pyridine rings is 1. The smallest absolute Gasteiger partial charge is 0.142 e. The summed E-state index contributed by atoms with van der Waals surface area (Å²) in [6, 6.07) is 16.0. The van der Waals surface area contributed by atoms with Crippen LogP contribution >= 0.6 is 0 Å². The molecule has 28 heavy (non-hydrogen) atoms. The SMILES string of the molecule is c1ccc(-n2cc(CNc3ncnc4[nH]ccc34)c(-c3ccncc3)n2)cc1. The van der Waals surface area contributed by atoms with Crippen LogP contribution in [-0.4, -0.2) is 29.7 Å². The van der Waals surface area contributed by atoms with Crippen LogP contribution in [0.5, 0.6) is 0 Å². The van der Waals surface area contributed by atoms with Gasteiger partial charge in [0.15, 0.2) is 0 Å². The zero-order chi connectivity index (χ0) is 18.8. The van der Waals surface area contributed by atoms with E-state index >= 15 is 0 Å². The van der Waals surface area contributed by atoms with Crippen molar-refractivity contribution in [2.24, 2.45) is 0 Å². The maximum atomic E-state index is 4.83. The van der Waals surface area contributed by atoms with Crippen LogP contribution in [0.1, 0.15) is 5.56 Å². The predicted octanol–water partition coefficient (Wildman–Crippen LogP) is 3.82. The fourth-order valence-corrected chi connectivity index (χ4v) is 3.20. The third-order valence-corrected chi connectivity index (χ3v) is 4.56. The number of aromatic nitrogens is 6. The van der Waals surface area contributed by atoms with Gasteiger partial charge in [-0.3, -0.25) is 4.98 Å². The van der Waals surface area contributed by atoms with Crippen LogP contribution in [-0.2, 0) is 6.54 Å². The van der Waals surface area contributed by atoms with Crippen LogP contribution in [0, 0.1) is 0 Å². The molecule has 4 aromatic heterocycles. The minimum Gasteiger partial charge on any atom is -0.365 e. The van der Waals surface area contributed by atoms with Gasteiger partial charge in [0.25, 0.3) is 0 Å². The van der Waals surface area contributed by atoms with E-state index in [4.69, 9.17) is 5.10 Å². The summed E-state index contributed by atoms with van der Waals surface area (Å²) >= 11 is 0. The molecule has 0 unspecified atom stereocenters. The van der Waals surface area contributed by atoms with Crippen LogP contribution in [0.25, 0.3) is 28.0 Å². The molecule has 0 amide bonds. The van der Waals surface area contributed by atoms with Gasteiger partial charge in [-0.15, -0.1) is 0 Å². The molecule has 0 spiro atoms. The fraction of sp³-hybridized carbons (Fsp3) is 0.0476. The Morgan fingerprint density at radius 1 is 0.964 bits per heavy atom. The molecule has 0 bridgehead atoms. The molecule has 5 aromatic rings. The lowest BCUT2D eigenvalue weighted by Crippen LogP contribution is -2.02. The Kier molecular flexibility index (Phi) is 4.02. The summed E-state index contributed by atoms with van der Waals surface area (Å²) in [4.78, 5) is 15.8. The average Bonchev–Trinajstić information content (AvgIpc) is 3.41. The summed E-state index contributed by atoms with van der Waals surface area (Å²) in [6.45, 7) is 0.585. The van der Waals surface area contributed by atoms with Gasteiger partial charge in [-0.25, -0.2) is 14.6 Å². The molecule has 0 fully saturated rings. The highest BCUT2D eigenvalue weighted by atomic mass is 15.3. The molecule has 1 aromatic carbocycles. The third kappa shape index (κ3) is 2.99. The summed E-state index contributed by atoms with van der Waals surface area (Å²) in [5, 5.41) is 9.21. The van der Waals surface area contributed by atoms with Gasteiger partial charge in [0, 0.05) is 42.5 Å². The van der Waals surface area contributed by atoms with E-state index < -0.39 is 0 Å². The molecule has 0 radical (unpaired) electrons. The molecule has 0 atom stereocenters. The van der Waals surface area contributed by atoms with Gasteiger partial charge < -0.3 is 10.3 Å². The van der Waals surface area contributed by atoms with Crippen molar-refractivity contribution in [3.63, 3.8) is 0 Å². The lowest BCUT2D eigenvalue weighted by atomic mass is 10.1. The molecule has 7 nitrogen and oxygen atoms in total. The summed E-state index contributed by atoms with van der Waals surface area (Å²) in [5.41, 5.74) is 4.83. The van der Waals surface area contributed by atoms with Crippen LogP contribution in [0.2, 0.25) is 0 Å². The van der Waals surface area contributed by atoms with E-state index in [1.165, 1.54) is 0 Å². The lowest BCUT2D eigenvalue weighted by molar-refractivity contribution is 0.883. The second kappa shape index (κ2) is 6.96. The zero-order valence-electron chi connectivity index (χ0n) is 14.9. The van der Waals surface area contributed by atoms with E-state index in [0.29, 0.717) is 6.54 Å². The number of aromatic amines is 1. The molecule has 0 saturated carbocycles. The van der Waals surface area contributed by atoms with Crippen LogP contribution in [0.3, 0.4) is 0 Å². The summed E-state index contributed by atoms with van der Waals surface area (Å²) in [5.74, 6) is 0.791. The minimum atomic E-state index is 0.585. The van der Waals surface area contributed by atoms with Gasteiger partial charge in [-0.05, 0) is 30.3 Å². The number of hydrogen-bond donors (Lipinski definition) is 2. The second-order valence-corrected chi connectivity index (χ2v) is 6.33. The molecule has 0 saturated heterocycles. The maximum Gasteiger partial charge on any atom is 0.142 e. The van der Waals surface area contributed by atoms with Crippen molar-refractivity contribution in [3.05, 3.63) is 85.2 Å². The highest BCUT2D eigenvalue weighted by Crippen LogP contribution is 2.25. The number of hydrogen-bond acceptors (Lipinski definition) is 5. The number of rotatable bonds is 5. The molecule has 7 heteroatoms. The molecule has 4 heterocycles. The first kappa shape index (κ1) is 16.2. The van der Waals surface area contributed by atoms with Gasteiger partial charge in [-0.2, -0.15) is 5.10 Å². The monoisotopic (exact) mass is 367 g/mol. The van der Waals surface area contributed by atoms with Crippen molar-refractivity contribution in [1.29, 1.82) is 0 Å². The maximum absolute atomic E-state index is 4.83. The number of nitrogens with zero attached hydrogens (tertiary/aromatic N) is 5. The Bertz CT molecular complexity index is 1210. The Morgan fingerprint density at radius 2 is 1.82 bits per heavy atom. The Balaban J connectivity index is 1.52. The van der Waals surface area contributed by atoms with Crippen molar-refractivity contribution in [2.45, 2.75) is 6.54 Å². The summed E-state index contributed by atoms with van der Waals surface area (Å²) < 4.78 is 1.90. The normalized spacial score (nSPS) is 11.0. The Hall–Kier alpha value is -4.00. The molecular weight excluding hydrogens is 350 g/mol. The molecule has 0 aliphatic heterocycles. The number of fused-ring (bicyclic) bond motifs is 1. The lowest BCUT2D eigenvalue weighted by Gasteiger charge is -2.06. The van der Waals surface area contributed by atoms with E-state index in [1.807, 2.05) is 65.6 Å². The number of benzene rings is 1. The van der Waals surface area contributed by atoms with E-state index in [-0.39, 0.29) is 0 Å². The van der Waals surface area contributed by atoms with Crippen LogP contribution < -0.4 is 5.32 Å². The van der Waals surface area contributed by atoms with Crippen LogP contribution in [0.15, 0.2) is 79.6 Å². The molecule has 0 aliphatic rings. The van der Waals surface area contributed by atoms with Crippen LogP contribution in [0.4, 0.5) is 5.82 Å². The number of H-pyrrole nitrogens is 1. The van der Waals surface area contributed by atoms with Crippen molar-refractivity contribution in [3.8, 4) is 16.9 Å². The van der Waals surface area contributed by atoms with E-state index in [9.17, 15) is 0 Å². The van der Waals surface area contributed by atoms with Gasteiger partial charge in [0.2, 0.25) is 0 Å². The first-order valence-electron chi connectivity index (χ1n) is 8.95. The number of nitrogens with one attached hydrogen (secondary N) is 2. The van der Waals surface area contributed by atoms with Gasteiger partial charge in [-0.1, -0.05) is 18.2 Å². The molecule has 0 aliphatic carbocycles. The van der Waals surface area contributed by atoms with Crippen molar-refractivity contribution >= 4 is 16.9 Å². The summed E-state index contributed by atoms with van der Waals surface area (Å²) in [6.07, 6.45) is 9.02. The van der Waals surface area contributed by atoms with Gasteiger partial charge in [0.1, 0.15) is 17.8 Å². The standard InChI is InChI=1S/C21H17N7/c1-2-4-17(5-3-1)28-13-16(19(27-28)15-6-9-22-10-7-15)12-24-21-18-8-11-23-20(18)25-14-26-21/h1-11,13-14H,12H2,(H2,23,24,25,26). The van der Waals surface area contributed by atoms with Crippen molar-refractivity contribution in [1.82, 2.24) is 29.7 Å².